The third-order valence-corrected chi connectivity index (χ3v) is 5.35. The van der Waals surface area contributed by atoms with Crippen molar-refractivity contribution >= 4 is 15.7 Å². The number of benzene rings is 2. The molecular weight excluding hydrogens is 324 g/mol. The Morgan fingerprint density at radius 2 is 1.78 bits per heavy atom. The summed E-state index contributed by atoms with van der Waals surface area (Å²) in [6.45, 7) is 2.54. The highest BCUT2D eigenvalue weighted by atomic mass is 32.2. The van der Waals surface area contributed by atoms with Crippen LogP contribution < -0.4 is 4.31 Å². The molecule has 0 saturated heterocycles. The minimum Gasteiger partial charge on any atom is -0.394 e. The maximum atomic E-state index is 14.0. The molecule has 2 aromatic rings. The minimum absolute atomic E-state index is 0.0228. The van der Waals surface area contributed by atoms with Crippen LogP contribution in [0.2, 0.25) is 0 Å². The van der Waals surface area contributed by atoms with E-state index in [0.29, 0.717) is 11.6 Å². The number of anilines is 1. The van der Waals surface area contributed by atoms with E-state index < -0.39 is 28.3 Å². The molecular formula is C16H17F2NO3S. The standard InChI is InChI=1S/C16H17F2NO3S/c1-11-3-4-12(2)16(9-11)23(21,22)19(7-8-20)15-6-5-13(17)10-14(15)18/h3-6,9-10,20H,7-8H2,1-2H3. The molecule has 0 fully saturated rings. The fourth-order valence-corrected chi connectivity index (χ4v) is 4.02. The first-order valence-corrected chi connectivity index (χ1v) is 8.37. The molecule has 0 amide bonds. The summed E-state index contributed by atoms with van der Waals surface area (Å²) in [7, 11) is -4.09. The molecule has 1 N–H and O–H groups in total. The molecule has 0 bridgehead atoms. The SMILES string of the molecule is Cc1ccc(C)c(S(=O)(=O)N(CCO)c2ccc(F)cc2F)c1. The lowest BCUT2D eigenvalue weighted by Crippen LogP contribution is -2.34. The number of sulfonamides is 1. The fraction of sp³-hybridized carbons (Fsp3) is 0.250. The van der Waals surface area contributed by atoms with Crippen molar-refractivity contribution in [3.8, 4) is 0 Å². The van der Waals surface area contributed by atoms with E-state index >= 15 is 0 Å². The molecule has 0 saturated carbocycles. The Labute approximate surface area is 134 Å². The normalized spacial score (nSPS) is 11.5. The number of aliphatic hydroxyl groups is 1. The summed E-state index contributed by atoms with van der Waals surface area (Å²) in [4.78, 5) is 0.0228. The number of hydrogen-bond donors (Lipinski definition) is 1. The van der Waals surface area contributed by atoms with Gasteiger partial charge in [0.25, 0.3) is 10.0 Å². The summed E-state index contributed by atoms with van der Waals surface area (Å²) in [5.74, 6) is -1.81. The number of hydrogen-bond acceptors (Lipinski definition) is 3. The Hall–Kier alpha value is -1.99. The van der Waals surface area contributed by atoms with Gasteiger partial charge in [-0.05, 0) is 43.2 Å². The van der Waals surface area contributed by atoms with Gasteiger partial charge in [-0.2, -0.15) is 0 Å². The van der Waals surface area contributed by atoms with Gasteiger partial charge in [-0.1, -0.05) is 12.1 Å². The monoisotopic (exact) mass is 341 g/mol. The van der Waals surface area contributed by atoms with Gasteiger partial charge in [-0.3, -0.25) is 4.31 Å². The van der Waals surface area contributed by atoms with Gasteiger partial charge >= 0.3 is 0 Å². The third-order valence-electron chi connectivity index (χ3n) is 3.39. The summed E-state index contributed by atoms with van der Waals surface area (Å²) >= 11 is 0. The molecule has 0 spiro atoms. The zero-order valence-electron chi connectivity index (χ0n) is 12.8. The van der Waals surface area contributed by atoms with E-state index in [1.54, 1.807) is 26.0 Å². The molecule has 124 valence electrons. The van der Waals surface area contributed by atoms with E-state index in [4.69, 9.17) is 0 Å². The molecule has 0 aliphatic carbocycles. The maximum absolute atomic E-state index is 14.0. The molecule has 2 aromatic carbocycles. The van der Waals surface area contributed by atoms with Crippen LogP contribution in [0.25, 0.3) is 0 Å². The highest BCUT2D eigenvalue weighted by molar-refractivity contribution is 7.92. The second-order valence-electron chi connectivity index (χ2n) is 5.17. The lowest BCUT2D eigenvalue weighted by molar-refractivity contribution is 0.306. The molecule has 7 heteroatoms. The molecule has 0 aliphatic heterocycles. The maximum Gasteiger partial charge on any atom is 0.264 e. The largest absolute Gasteiger partial charge is 0.394 e. The van der Waals surface area contributed by atoms with Crippen LogP contribution in [0.4, 0.5) is 14.5 Å². The van der Waals surface area contributed by atoms with Crippen molar-refractivity contribution in [3.63, 3.8) is 0 Å². The van der Waals surface area contributed by atoms with E-state index in [9.17, 15) is 22.3 Å². The van der Waals surface area contributed by atoms with E-state index in [1.807, 2.05) is 0 Å². The fourth-order valence-electron chi connectivity index (χ4n) is 2.25. The van der Waals surface area contributed by atoms with Crippen LogP contribution in [0, 0.1) is 25.5 Å². The Morgan fingerprint density at radius 1 is 1.09 bits per heavy atom. The van der Waals surface area contributed by atoms with Gasteiger partial charge < -0.3 is 5.11 Å². The number of rotatable bonds is 5. The zero-order valence-corrected chi connectivity index (χ0v) is 13.6. The van der Waals surface area contributed by atoms with Crippen LogP contribution in [0.5, 0.6) is 0 Å². The van der Waals surface area contributed by atoms with E-state index in [-0.39, 0.29) is 17.1 Å². The van der Waals surface area contributed by atoms with Crippen molar-refractivity contribution < 1.29 is 22.3 Å². The second-order valence-corrected chi connectivity index (χ2v) is 7.00. The lowest BCUT2D eigenvalue weighted by atomic mass is 10.2. The Morgan fingerprint density at radius 3 is 2.39 bits per heavy atom. The van der Waals surface area contributed by atoms with Crippen molar-refractivity contribution in [1.29, 1.82) is 0 Å². The molecule has 0 aromatic heterocycles. The third kappa shape index (κ3) is 3.51. The van der Waals surface area contributed by atoms with Crippen molar-refractivity contribution in [1.82, 2.24) is 0 Å². The molecule has 4 nitrogen and oxygen atoms in total. The second kappa shape index (κ2) is 6.64. The summed E-state index contributed by atoms with van der Waals surface area (Å²) < 4.78 is 53.6. The van der Waals surface area contributed by atoms with Gasteiger partial charge in [0.05, 0.1) is 23.7 Å². The summed E-state index contributed by atoms with van der Waals surface area (Å²) in [5.41, 5.74) is 0.931. The van der Waals surface area contributed by atoms with Gasteiger partial charge in [0.1, 0.15) is 11.6 Å². The van der Waals surface area contributed by atoms with Gasteiger partial charge in [0.2, 0.25) is 0 Å². The van der Waals surface area contributed by atoms with Crippen LogP contribution in [0.15, 0.2) is 41.3 Å². The topological polar surface area (TPSA) is 57.6 Å². The Balaban J connectivity index is 2.62. The smallest absolute Gasteiger partial charge is 0.264 e. The van der Waals surface area contributed by atoms with Crippen LogP contribution in [-0.4, -0.2) is 26.7 Å². The average Bonchev–Trinajstić information content (AvgIpc) is 2.48. The number of aryl methyl sites for hydroxylation is 2. The summed E-state index contributed by atoms with van der Waals surface area (Å²) in [5, 5.41) is 9.17. The summed E-state index contributed by atoms with van der Waals surface area (Å²) in [6, 6.07) is 7.53. The van der Waals surface area contributed by atoms with E-state index in [0.717, 1.165) is 22.0 Å². The number of aliphatic hydroxyl groups excluding tert-OH is 1. The molecule has 0 aliphatic rings. The lowest BCUT2D eigenvalue weighted by Gasteiger charge is -2.25. The van der Waals surface area contributed by atoms with Gasteiger partial charge in [-0.25, -0.2) is 17.2 Å². The first-order valence-electron chi connectivity index (χ1n) is 6.93. The van der Waals surface area contributed by atoms with Gasteiger partial charge in [0.15, 0.2) is 0 Å². The highest BCUT2D eigenvalue weighted by Crippen LogP contribution is 2.28. The quantitative estimate of drug-likeness (QED) is 0.910. The van der Waals surface area contributed by atoms with Gasteiger partial charge in [0, 0.05) is 6.07 Å². The predicted molar refractivity (Wildman–Crippen MR) is 83.9 cm³/mol. The zero-order chi connectivity index (χ0) is 17.2. The molecule has 0 unspecified atom stereocenters. The van der Waals surface area contributed by atoms with Crippen LogP contribution in [-0.2, 0) is 10.0 Å². The van der Waals surface area contributed by atoms with Crippen molar-refractivity contribution in [2.24, 2.45) is 0 Å². The Bertz CT molecular complexity index is 822. The first kappa shape index (κ1) is 17.4. The molecule has 0 atom stereocenters. The van der Waals surface area contributed by atoms with Crippen molar-refractivity contribution in [2.45, 2.75) is 18.7 Å². The van der Waals surface area contributed by atoms with Crippen LogP contribution in [0.3, 0.4) is 0 Å². The van der Waals surface area contributed by atoms with Crippen LogP contribution in [0.1, 0.15) is 11.1 Å². The predicted octanol–water partition coefficient (Wildman–Crippen LogP) is 2.77. The van der Waals surface area contributed by atoms with Crippen molar-refractivity contribution in [2.75, 3.05) is 17.5 Å². The van der Waals surface area contributed by atoms with E-state index in [1.165, 1.54) is 6.07 Å². The van der Waals surface area contributed by atoms with Crippen molar-refractivity contribution in [3.05, 3.63) is 59.2 Å². The molecule has 0 radical (unpaired) electrons. The van der Waals surface area contributed by atoms with E-state index in [2.05, 4.69) is 0 Å². The average molecular weight is 341 g/mol. The molecule has 2 rings (SSSR count). The van der Waals surface area contributed by atoms with Gasteiger partial charge in [-0.15, -0.1) is 0 Å². The molecule has 23 heavy (non-hydrogen) atoms. The highest BCUT2D eigenvalue weighted by Gasteiger charge is 2.28. The molecule has 0 heterocycles. The Kier molecular flexibility index (Phi) is 5.01. The first-order chi connectivity index (χ1) is 10.8. The summed E-state index contributed by atoms with van der Waals surface area (Å²) in [6.07, 6.45) is 0. The van der Waals surface area contributed by atoms with Crippen LogP contribution >= 0.6 is 0 Å². The number of nitrogens with zero attached hydrogens (tertiary/aromatic N) is 1. The minimum atomic E-state index is -4.09. The number of halogens is 2.